The van der Waals surface area contributed by atoms with Gasteiger partial charge in [-0.1, -0.05) is 49.4 Å². The van der Waals surface area contributed by atoms with Crippen LogP contribution in [0, 0.1) is 6.92 Å². The van der Waals surface area contributed by atoms with Crippen molar-refractivity contribution in [3.63, 3.8) is 0 Å². The van der Waals surface area contributed by atoms with Crippen molar-refractivity contribution in [2.45, 2.75) is 39.7 Å². The second kappa shape index (κ2) is 13.1. The van der Waals surface area contributed by atoms with E-state index < -0.39 is 0 Å². The average molecular weight is 422 g/mol. The van der Waals surface area contributed by atoms with Crippen LogP contribution in [0.2, 0.25) is 0 Å². The van der Waals surface area contributed by atoms with Crippen LogP contribution >= 0.6 is 0 Å². The third kappa shape index (κ3) is 7.50. The largest absolute Gasteiger partial charge is 0.478 e. The predicted molar refractivity (Wildman–Crippen MR) is 125 cm³/mol. The number of aliphatic hydroxyl groups is 1. The fourth-order valence-corrected chi connectivity index (χ4v) is 2.98. The second-order valence-corrected chi connectivity index (χ2v) is 6.93. The molecule has 0 radical (unpaired) electrons. The quantitative estimate of drug-likeness (QED) is 0.627. The summed E-state index contributed by atoms with van der Waals surface area (Å²) in [6.45, 7) is 6.69. The Bertz CT molecular complexity index is 1050. The summed E-state index contributed by atoms with van der Waals surface area (Å²) in [5.74, 6) is 0.702. The summed E-state index contributed by atoms with van der Waals surface area (Å²) in [5, 5.41) is 9.71. The number of ether oxygens (including phenoxy) is 1. The molecule has 0 aliphatic carbocycles. The Morgan fingerprint density at radius 3 is 2.32 bits per heavy atom. The van der Waals surface area contributed by atoms with Crippen molar-refractivity contribution in [1.82, 2.24) is 14.5 Å². The van der Waals surface area contributed by atoms with E-state index in [1.807, 2.05) is 75.4 Å². The highest BCUT2D eigenvalue weighted by Gasteiger charge is 2.11. The van der Waals surface area contributed by atoms with Crippen LogP contribution in [-0.2, 0) is 0 Å². The standard InChI is InChI=1S/C17H20N2O2.C8H11NO/c1-2-14(11-12-20)19-13-18-16-10-8-6-4-3-5-7-9-15(16)17(19)21;1-3-10-8-5-4-7(2)6-9-8/h3-10,13-14,20H,2,11-12H2,1H3;4-6H,3H2,1-2H3. The maximum atomic E-state index is 12.7. The van der Waals surface area contributed by atoms with Crippen molar-refractivity contribution in [3.05, 3.63) is 89.1 Å². The van der Waals surface area contributed by atoms with E-state index in [1.165, 1.54) is 0 Å². The summed E-state index contributed by atoms with van der Waals surface area (Å²) >= 11 is 0. The summed E-state index contributed by atoms with van der Waals surface area (Å²) in [4.78, 5) is 21.1. The van der Waals surface area contributed by atoms with E-state index in [4.69, 9.17) is 9.84 Å². The molecule has 3 aromatic rings. The third-order valence-corrected chi connectivity index (χ3v) is 4.64. The number of aryl methyl sites for hydroxylation is 1. The molecular weight excluding hydrogens is 390 g/mol. The lowest BCUT2D eigenvalue weighted by Crippen LogP contribution is -2.25. The highest BCUT2D eigenvalue weighted by molar-refractivity contribution is 5.75. The van der Waals surface area contributed by atoms with Gasteiger partial charge in [-0.15, -0.1) is 0 Å². The number of pyridine rings is 1. The van der Waals surface area contributed by atoms with E-state index in [2.05, 4.69) is 9.97 Å². The molecule has 1 aromatic carbocycles. The first-order valence-electron chi connectivity index (χ1n) is 10.6. The number of hydrogen-bond donors (Lipinski definition) is 1. The summed E-state index contributed by atoms with van der Waals surface area (Å²) in [7, 11) is 0. The topological polar surface area (TPSA) is 77.2 Å². The fourth-order valence-electron chi connectivity index (χ4n) is 2.98. The normalized spacial score (nSPS) is 11.1. The zero-order valence-corrected chi connectivity index (χ0v) is 18.4. The lowest BCUT2D eigenvalue weighted by molar-refractivity contribution is 0.252. The zero-order chi connectivity index (χ0) is 22.5. The van der Waals surface area contributed by atoms with Crippen LogP contribution in [0.3, 0.4) is 0 Å². The molecule has 1 N–H and O–H groups in total. The van der Waals surface area contributed by atoms with Crippen LogP contribution in [-0.4, -0.2) is 32.9 Å². The van der Waals surface area contributed by atoms with Crippen molar-refractivity contribution in [2.24, 2.45) is 0 Å². The molecular formula is C25H31N3O3. The smallest absolute Gasteiger partial charge is 0.261 e. The summed E-state index contributed by atoms with van der Waals surface area (Å²) in [6, 6.07) is 18.7. The number of aliphatic hydroxyl groups excluding tert-OH is 1. The summed E-state index contributed by atoms with van der Waals surface area (Å²) < 4.78 is 6.77. The van der Waals surface area contributed by atoms with E-state index in [9.17, 15) is 4.79 Å². The van der Waals surface area contributed by atoms with Gasteiger partial charge in [0, 0.05) is 24.9 Å². The van der Waals surface area contributed by atoms with Gasteiger partial charge in [-0.2, -0.15) is 0 Å². The minimum absolute atomic E-state index is 0.0245. The number of aromatic nitrogens is 3. The fraction of sp³-hybridized carbons (Fsp3) is 0.320. The van der Waals surface area contributed by atoms with Crippen molar-refractivity contribution >= 4 is 10.9 Å². The van der Waals surface area contributed by atoms with E-state index >= 15 is 0 Å². The van der Waals surface area contributed by atoms with Crippen LogP contribution < -0.4 is 10.3 Å². The molecule has 1 atom stereocenters. The van der Waals surface area contributed by atoms with Crippen molar-refractivity contribution in [2.75, 3.05) is 13.2 Å². The maximum Gasteiger partial charge on any atom is 0.261 e. The van der Waals surface area contributed by atoms with Crippen LogP contribution in [0.1, 0.15) is 38.3 Å². The molecule has 2 heterocycles. The minimum Gasteiger partial charge on any atom is -0.478 e. The molecule has 2 aromatic heterocycles. The minimum atomic E-state index is -0.0702. The Morgan fingerprint density at radius 2 is 1.71 bits per heavy atom. The lowest BCUT2D eigenvalue weighted by Gasteiger charge is -2.16. The van der Waals surface area contributed by atoms with Gasteiger partial charge in [0.1, 0.15) is 0 Å². The zero-order valence-electron chi connectivity index (χ0n) is 18.4. The Balaban J connectivity index is 0.000000285. The first-order chi connectivity index (χ1) is 15.1. The van der Waals surface area contributed by atoms with E-state index in [0.717, 1.165) is 12.0 Å². The van der Waals surface area contributed by atoms with E-state index in [1.54, 1.807) is 23.2 Å². The molecule has 0 saturated carbocycles. The SMILES string of the molecule is CCC(CCO)n1cnc2ccccccccc2c1=O.CCOc1ccc(C)cn1. The Kier molecular flexibility index (Phi) is 10.2. The monoisotopic (exact) mass is 421 g/mol. The molecule has 0 fully saturated rings. The molecule has 0 bridgehead atoms. The van der Waals surface area contributed by atoms with Gasteiger partial charge in [0.15, 0.2) is 0 Å². The van der Waals surface area contributed by atoms with E-state index in [0.29, 0.717) is 29.8 Å². The van der Waals surface area contributed by atoms with Gasteiger partial charge < -0.3 is 9.84 Å². The molecule has 0 amide bonds. The van der Waals surface area contributed by atoms with Crippen LogP contribution in [0.4, 0.5) is 0 Å². The molecule has 0 spiro atoms. The highest BCUT2D eigenvalue weighted by Crippen LogP contribution is 2.14. The van der Waals surface area contributed by atoms with Gasteiger partial charge >= 0.3 is 0 Å². The van der Waals surface area contributed by atoms with Gasteiger partial charge in [0.05, 0.1) is 23.8 Å². The van der Waals surface area contributed by atoms with E-state index in [-0.39, 0.29) is 18.2 Å². The van der Waals surface area contributed by atoms with Gasteiger partial charge in [-0.05, 0) is 44.4 Å². The van der Waals surface area contributed by atoms with Crippen molar-refractivity contribution < 1.29 is 9.84 Å². The Hall–Kier alpha value is -3.25. The van der Waals surface area contributed by atoms with Crippen LogP contribution in [0.25, 0.3) is 10.9 Å². The first kappa shape index (κ1) is 24.0. The molecule has 1 unspecified atom stereocenters. The molecule has 0 saturated heterocycles. The Morgan fingerprint density at radius 1 is 1.00 bits per heavy atom. The van der Waals surface area contributed by atoms with Gasteiger partial charge in [0.25, 0.3) is 5.56 Å². The van der Waals surface area contributed by atoms with Crippen molar-refractivity contribution in [3.8, 4) is 5.88 Å². The molecule has 6 nitrogen and oxygen atoms in total. The van der Waals surface area contributed by atoms with Gasteiger partial charge in [-0.25, -0.2) is 9.97 Å². The molecule has 31 heavy (non-hydrogen) atoms. The van der Waals surface area contributed by atoms with Crippen LogP contribution in [0.15, 0.2) is 78.0 Å². The lowest BCUT2D eigenvalue weighted by atomic mass is 10.1. The molecule has 6 heteroatoms. The number of hydrogen-bond acceptors (Lipinski definition) is 5. The number of fused-ring (bicyclic) bond motifs is 1. The number of nitrogens with zero attached hydrogens (tertiary/aromatic N) is 3. The number of rotatable bonds is 6. The third-order valence-electron chi connectivity index (χ3n) is 4.64. The first-order valence-corrected chi connectivity index (χ1v) is 10.6. The summed E-state index contributed by atoms with van der Waals surface area (Å²) in [6.07, 6.45) is 4.71. The van der Waals surface area contributed by atoms with Crippen molar-refractivity contribution in [1.29, 1.82) is 0 Å². The molecule has 3 rings (SSSR count). The van der Waals surface area contributed by atoms with Gasteiger partial charge in [-0.3, -0.25) is 9.36 Å². The Labute approximate surface area is 183 Å². The maximum absolute atomic E-state index is 12.7. The average Bonchev–Trinajstić information content (AvgIpc) is 2.78. The molecule has 0 aliphatic rings. The second-order valence-electron chi connectivity index (χ2n) is 6.93. The molecule has 0 aliphatic heterocycles. The van der Waals surface area contributed by atoms with Crippen LogP contribution in [0.5, 0.6) is 5.88 Å². The molecule has 164 valence electrons. The predicted octanol–water partition coefficient (Wildman–Crippen LogP) is 4.64. The summed E-state index contributed by atoms with van der Waals surface area (Å²) in [5.41, 5.74) is 1.74. The van der Waals surface area contributed by atoms with Gasteiger partial charge in [0.2, 0.25) is 5.88 Å². The highest BCUT2D eigenvalue weighted by atomic mass is 16.5.